The minimum atomic E-state index is -3.64. The smallest absolute Gasteiger partial charge is 0.244 e. The van der Waals surface area contributed by atoms with E-state index in [1.54, 1.807) is 12.1 Å². The van der Waals surface area contributed by atoms with Crippen molar-refractivity contribution in [2.75, 3.05) is 0 Å². The second kappa shape index (κ2) is 5.51. The summed E-state index contributed by atoms with van der Waals surface area (Å²) >= 11 is 0. The monoisotopic (exact) mass is 283 g/mol. The summed E-state index contributed by atoms with van der Waals surface area (Å²) in [4.78, 5) is -0.0397. The highest BCUT2D eigenvalue weighted by molar-refractivity contribution is 7.89. The molecule has 19 heavy (non-hydrogen) atoms. The van der Waals surface area contributed by atoms with E-state index in [2.05, 4.69) is 18.6 Å². The van der Waals surface area contributed by atoms with Gasteiger partial charge in [-0.3, -0.25) is 0 Å². The molecule has 1 aliphatic carbocycles. The van der Waals surface area contributed by atoms with Crippen LogP contribution in [0.1, 0.15) is 33.1 Å². The molecule has 1 aromatic rings. The molecule has 0 aromatic heterocycles. The van der Waals surface area contributed by atoms with E-state index in [1.807, 2.05) is 0 Å². The van der Waals surface area contributed by atoms with Gasteiger partial charge in [-0.2, -0.15) is 0 Å². The molecule has 0 heterocycles. The Kier molecular flexibility index (Phi) is 4.16. The van der Waals surface area contributed by atoms with Crippen LogP contribution >= 0.6 is 0 Å². The van der Waals surface area contributed by atoms with Crippen LogP contribution in [0.5, 0.6) is 5.75 Å². The Morgan fingerprint density at radius 2 is 2.00 bits per heavy atom. The maximum Gasteiger partial charge on any atom is 0.244 e. The Labute approximate surface area is 114 Å². The molecule has 1 aromatic carbocycles. The maximum atomic E-state index is 12.3. The molecule has 3 atom stereocenters. The number of para-hydroxylation sites is 1. The van der Waals surface area contributed by atoms with Crippen LogP contribution in [0.25, 0.3) is 0 Å². The molecule has 2 N–H and O–H groups in total. The zero-order chi connectivity index (χ0) is 14.0. The molecular formula is C14H21NO3S. The van der Waals surface area contributed by atoms with Crippen molar-refractivity contribution in [2.24, 2.45) is 11.8 Å². The molecule has 1 aliphatic rings. The third-order valence-corrected chi connectivity index (χ3v) is 5.75. The van der Waals surface area contributed by atoms with Crippen LogP contribution in [0.15, 0.2) is 29.2 Å². The van der Waals surface area contributed by atoms with Gasteiger partial charge in [0.15, 0.2) is 0 Å². The zero-order valence-corrected chi connectivity index (χ0v) is 12.2. The first-order valence-corrected chi connectivity index (χ1v) is 8.24. The summed E-state index contributed by atoms with van der Waals surface area (Å²) in [5.41, 5.74) is 0. The van der Waals surface area contributed by atoms with E-state index < -0.39 is 10.0 Å². The number of nitrogens with one attached hydrogen (secondary N) is 1. The Bertz CT molecular complexity index is 541. The van der Waals surface area contributed by atoms with Gasteiger partial charge in [-0.1, -0.05) is 32.4 Å². The second-order valence-corrected chi connectivity index (χ2v) is 6.98. The van der Waals surface area contributed by atoms with Crippen LogP contribution in [-0.2, 0) is 10.0 Å². The SMILES string of the molecule is CCC1CCC(NS(=O)(=O)c2ccccc2O)C1C. The normalized spacial score (nSPS) is 27.6. The molecule has 0 amide bonds. The predicted octanol–water partition coefficient (Wildman–Crippen LogP) is 2.50. The molecule has 0 radical (unpaired) electrons. The molecule has 1 fully saturated rings. The van der Waals surface area contributed by atoms with Gasteiger partial charge in [-0.05, 0) is 36.8 Å². The highest BCUT2D eigenvalue weighted by Gasteiger charge is 2.34. The molecule has 106 valence electrons. The van der Waals surface area contributed by atoms with Crippen LogP contribution < -0.4 is 4.72 Å². The summed E-state index contributed by atoms with van der Waals surface area (Å²) < 4.78 is 27.3. The van der Waals surface area contributed by atoms with Crippen LogP contribution in [0.2, 0.25) is 0 Å². The summed E-state index contributed by atoms with van der Waals surface area (Å²) in [6.07, 6.45) is 3.01. The molecule has 3 unspecified atom stereocenters. The Morgan fingerprint density at radius 1 is 1.32 bits per heavy atom. The number of sulfonamides is 1. The number of rotatable bonds is 4. The van der Waals surface area contributed by atoms with E-state index >= 15 is 0 Å². The molecule has 0 bridgehead atoms. The number of hydrogen-bond acceptors (Lipinski definition) is 3. The minimum absolute atomic E-state index is 0.0328. The van der Waals surface area contributed by atoms with Gasteiger partial charge >= 0.3 is 0 Å². The van der Waals surface area contributed by atoms with Crippen LogP contribution in [0.3, 0.4) is 0 Å². The van der Waals surface area contributed by atoms with Crippen molar-refractivity contribution >= 4 is 10.0 Å². The second-order valence-electron chi connectivity index (χ2n) is 5.30. The van der Waals surface area contributed by atoms with E-state index in [9.17, 15) is 13.5 Å². The average molecular weight is 283 g/mol. The molecule has 0 aliphatic heterocycles. The Morgan fingerprint density at radius 3 is 2.58 bits per heavy atom. The van der Waals surface area contributed by atoms with E-state index in [0.29, 0.717) is 11.8 Å². The standard InChI is InChI=1S/C14H21NO3S/c1-3-11-8-9-12(10(11)2)15-19(17,18)14-7-5-4-6-13(14)16/h4-7,10-12,15-16H,3,8-9H2,1-2H3. The lowest BCUT2D eigenvalue weighted by Gasteiger charge is -2.21. The molecule has 4 nitrogen and oxygen atoms in total. The van der Waals surface area contributed by atoms with E-state index in [0.717, 1.165) is 19.3 Å². The fourth-order valence-electron chi connectivity index (χ4n) is 2.94. The molecule has 2 rings (SSSR count). The first-order chi connectivity index (χ1) is 8.95. The lowest BCUT2D eigenvalue weighted by Crippen LogP contribution is -2.37. The predicted molar refractivity (Wildman–Crippen MR) is 74.4 cm³/mol. The lowest BCUT2D eigenvalue weighted by molar-refractivity contribution is 0.368. The van der Waals surface area contributed by atoms with Crippen LogP contribution in [-0.4, -0.2) is 19.6 Å². The lowest BCUT2D eigenvalue weighted by atomic mass is 9.94. The van der Waals surface area contributed by atoms with Gasteiger partial charge in [0.25, 0.3) is 0 Å². The number of hydrogen-bond donors (Lipinski definition) is 2. The summed E-state index contributed by atoms with van der Waals surface area (Å²) in [7, 11) is -3.64. The Hall–Kier alpha value is -1.07. The molecule has 1 saturated carbocycles. The van der Waals surface area contributed by atoms with Crippen molar-refractivity contribution in [1.82, 2.24) is 4.72 Å². The maximum absolute atomic E-state index is 12.3. The van der Waals surface area contributed by atoms with Gasteiger partial charge in [0.05, 0.1) is 0 Å². The van der Waals surface area contributed by atoms with Crippen molar-refractivity contribution in [3.8, 4) is 5.75 Å². The summed E-state index contributed by atoms with van der Waals surface area (Å²) in [6.45, 7) is 4.24. The first-order valence-electron chi connectivity index (χ1n) is 6.76. The highest BCUT2D eigenvalue weighted by Crippen LogP contribution is 2.35. The highest BCUT2D eigenvalue weighted by atomic mass is 32.2. The molecule has 0 saturated heterocycles. The van der Waals surface area contributed by atoms with Crippen molar-refractivity contribution in [1.29, 1.82) is 0 Å². The molecular weight excluding hydrogens is 262 g/mol. The van der Waals surface area contributed by atoms with Crippen LogP contribution in [0.4, 0.5) is 0 Å². The van der Waals surface area contributed by atoms with Gasteiger partial charge in [-0.15, -0.1) is 0 Å². The molecule has 5 heteroatoms. The number of aromatic hydroxyl groups is 1. The first kappa shape index (κ1) is 14.3. The van der Waals surface area contributed by atoms with Gasteiger partial charge < -0.3 is 5.11 Å². The van der Waals surface area contributed by atoms with Gasteiger partial charge in [-0.25, -0.2) is 13.1 Å². The summed E-state index contributed by atoms with van der Waals surface area (Å²) in [5.74, 6) is 0.718. The third kappa shape index (κ3) is 2.92. The van der Waals surface area contributed by atoms with Gasteiger partial charge in [0, 0.05) is 6.04 Å². The number of benzene rings is 1. The van der Waals surface area contributed by atoms with E-state index in [4.69, 9.17) is 0 Å². The summed E-state index contributed by atoms with van der Waals surface area (Å²) in [6, 6.07) is 6.01. The van der Waals surface area contributed by atoms with E-state index in [1.165, 1.54) is 12.1 Å². The fraction of sp³-hybridized carbons (Fsp3) is 0.571. The van der Waals surface area contributed by atoms with Crippen molar-refractivity contribution in [2.45, 2.75) is 44.0 Å². The summed E-state index contributed by atoms with van der Waals surface area (Å²) in [5, 5.41) is 9.66. The Balaban J connectivity index is 2.17. The fourth-order valence-corrected chi connectivity index (χ4v) is 4.40. The largest absolute Gasteiger partial charge is 0.507 e. The minimum Gasteiger partial charge on any atom is -0.507 e. The number of phenols is 1. The van der Waals surface area contributed by atoms with Gasteiger partial charge in [0.2, 0.25) is 10.0 Å². The van der Waals surface area contributed by atoms with Crippen molar-refractivity contribution in [3.63, 3.8) is 0 Å². The van der Waals surface area contributed by atoms with Crippen molar-refractivity contribution < 1.29 is 13.5 Å². The van der Waals surface area contributed by atoms with E-state index in [-0.39, 0.29) is 16.7 Å². The third-order valence-electron chi connectivity index (χ3n) is 4.21. The molecule has 0 spiro atoms. The number of phenolic OH excluding ortho intramolecular Hbond substituents is 1. The zero-order valence-electron chi connectivity index (χ0n) is 11.3. The van der Waals surface area contributed by atoms with Crippen LogP contribution in [0, 0.1) is 11.8 Å². The van der Waals surface area contributed by atoms with Gasteiger partial charge in [0.1, 0.15) is 10.6 Å². The average Bonchev–Trinajstić information content (AvgIpc) is 2.70. The quantitative estimate of drug-likeness (QED) is 0.892. The topological polar surface area (TPSA) is 66.4 Å². The van der Waals surface area contributed by atoms with Crippen molar-refractivity contribution in [3.05, 3.63) is 24.3 Å².